The fourth-order valence-corrected chi connectivity index (χ4v) is 2.16. The zero-order chi connectivity index (χ0) is 13.4. The average molecular weight is 254 g/mol. The number of nitrogens with zero attached hydrogens (tertiary/aromatic N) is 4. The molecule has 19 heavy (non-hydrogen) atoms. The van der Waals surface area contributed by atoms with E-state index in [1.165, 1.54) is 0 Å². The minimum absolute atomic E-state index is 0.714. The van der Waals surface area contributed by atoms with E-state index in [4.69, 9.17) is 5.73 Å². The molecule has 96 valence electrons. The van der Waals surface area contributed by atoms with Crippen molar-refractivity contribution in [2.45, 2.75) is 6.92 Å². The molecule has 0 saturated heterocycles. The van der Waals surface area contributed by atoms with Crippen LogP contribution in [0, 0.1) is 0 Å². The molecule has 3 aromatic heterocycles. The number of aromatic nitrogens is 5. The van der Waals surface area contributed by atoms with Gasteiger partial charge >= 0.3 is 0 Å². The minimum atomic E-state index is 0.714. The molecule has 0 spiro atoms. The van der Waals surface area contributed by atoms with Gasteiger partial charge in [-0.2, -0.15) is 10.2 Å². The molecule has 3 heterocycles. The Balaban J connectivity index is 2.35. The minimum Gasteiger partial charge on any atom is -0.398 e. The second-order valence-electron chi connectivity index (χ2n) is 4.24. The van der Waals surface area contributed by atoms with E-state index in [1.54, 1.807) is 17.1 Å². The van der Waals surface area contributed by atoms with Gasteiger partial charge < -0.3 is 5.73 Å². The highest BCUT2D eigenvalue weighted by atomic mass is 15.3. The normalized spacial score (nSPS) is 12.2. The summed E-state index contributed by atoms with van der Waals surface area (Å²) < 4.78 is 1.80. The van der Waals surface area contributed by atoms with Crippen molar-refractivity contribution < 1.29 is 0 Å². The van der Waals surface area contributed by atoms with Gasteiger partial charge in [0.1, 0.15) is 11.2 Å². The topological polar surface area (TPSA) is 85.4 Å². The number of allylic oxidation sites excluding steroid dienone is 1. The third kappa shape index (κ3) is 1.69. The predicted octanol–water partition coefficient (Wildman–Crippen LogP) is 1.68. The Kier molecular flexibility index (Phi) is 2.56. The Hall–Kier alpha value is -2.63. The van der Waals surface area contributed by atoms with Gasteiger partial charge in [-0.15, -0.1) is 0 Å². The number of fused-ring (bicyclic) bond motifs is 1. The fraction of sp³-hybridized carbons (Fsp3) is 0.154. The van der Waals surface area contributed by atoms with Crippen LogP contribution in [0.1, 0.15) is 12.5 Å². The van der Waals surface area contributed by atoms with Gasteiger partial charge in [0.2, 0.25) is 0 Å². The van der Waals surface area contributed by atoms with Crippen LogP contribution in [0.2, 0.25) is 0 Å². The summed E-state index contributed by atoms with van der Waals surface area (Å²) in [6.07, 6.45) is 5.31. The van der Waals surface area contributed by atoms with Crippen LogP contribution in [0.3, 0.4) is 0 Å². The molecule has 0 aromatic carbocycles. The number of rotatable bonds is 2. The monoisotopic (exact) mass is 254 g/mol. The summed E-state index contributed by atoms with van der Waals surface area (Å²) in [7, 11) is 1.89. The number of nitrogens with one attached hydrogen (secondary N) is 1. The molecule has 0 fully saturated rings. The maximum Gasteiger partial charge on any atom is 0.136 e. The summed E-state index contributed by atoms with van der Waals surface area (Å²) in [6, 6.07) is 3.77. The van der Waals surface area contributed by atoms with Gasteiger partial charge in [0.15, 0.2) is 0 Å². The molecule has 3 rings (SSSR count). The number of aromatic amines is 1. The van der Waals surface area contributed by atoms with Gasteiger partial charge in [-0.05, 0) is 19.1 Å². The summed E-state index contributed by atoms with van der Waals surface area (Å²) in [5.74, 6) is 0. The van der Waals surface area contributed by atoms with Crippen molar-refractivity contribution in [3.63, 3.8) is 0 Å². The van der Waals surface area contributed by atoms with Crippen LogP contribution in [-0.2, 0) is 7.05 Å². The molecule has 0 amide bonds. The number of hydrogen-bond acceptors (Lipinski definition) is 4. The molecular formula is C13H14N6. The summed E-state index contributed by atoms with van der Waals surface area (Å²) in [5, 5.41) is 11.4. The number of hydrogen-bond donors (Lipinski definition) is 2. The van der Waals surface area contributed by atoms with E-state index in [2.05, 4.69) is 20.3 Å². The number of pyridine rings is 1. The highest BCUT2D eigenvalue weighted by Crippen LogP contribution is 2.28. The SMILES string of the molecule is C/C=C(/N)c1ccnc2c(-c3ccn[nH]3)nn(C)c12. The summed E-state index contributed by atoms with van der Waals surface area (Å²) >= 11 is 0. The number of nitrogens with two attached hydrogens (primary N) is 1. The van der Waals surface area contributed by atoms with Crippen molar-refractivity contribution in [3.8, 4) is 11.4 Å². The van der Waals surface area contributed by atoms with Crippen LogP contribution in [-0.4, -0.2) is 25.0 Å². The Morgan fingerprint density at radius 1 is 1.37 bits per heavy atom. The number of aryl methyl sites for hydroxylation is 1. The first-order valence-electron chi connectivity index (χ1n) is 5.96. The van der Waals surface area contributed by atoms with Gasteiger partial charge in [-0.1, -0.05) is 6.08 Å². The Morgan fingerprint density at radius 2 is 2.21 bits per heavy atom. The van der Waals surface area contributed by atoms with E-state index in [9.17, 15) is 0 Å². The lowest BCUT2D eigenvalue weighted by atomic mass is 10.1. The summed E-state index contributed by atoms with van der Waals surface area (Å²) in [6.45, 7) is 1.91. The van der Waals surface area contributed by atoms with Gasteiger partial charge in [0.05, 0.1) is 11.2 Å². The van der Waals surface area contributed by atoms with E-state index >= 15 is 0 Å². The Bertz CT molecular complexity index is 751. The lowest BCUT2D eigenvalue weighted by molar-refractivity contribution is 0.798. The van der Waals surface area contributed by atoms with Crippen molar-refractivity contribution in [1.29, 1.82) is 0 Å². The van der Waals surface area contributed by atoms with E-state index < -0.39 is 0 Å². The Morgan fingerprint density at radius 3 is 2.89 bits per heavy atom. The van der Waals surface area contributed by atoms with Gasteiger partial charge in [-0.3, -0.25) is 14.8 Å². The van der Waals surface area contributed by atoms with Gasteiger partial charge in [0, 0.05) is 30.7 Å². The van der Waals surface area contributed by atoms with Crippen molar-refractivity contribution in [2.75, 3.05) is 0 Å². The molecule has 0 aliphatic heterocycles. The predicted molar refractivity (Wildman–Crippen MR) is 73.9 cm³/mol. The smallest absolute Gasteiger partial charge is 0.136 e. The quantitative estimate of drug-likeness (QED) is 0.728. The molecule has 0 saturated carbocycles. The van der Waals surface area contributed by atoms with Gasteiger partial charge in [-0.25, -0.2) is 0 Å². The van der Waals surface area contributed by atoms with Crippen LogP contribution < -0.4 is 5.73 Å². The van der Waals surface area contributed by atoms with Crippen LogP contribution in [0.25, 0.3) is 28.1 Å². The third-order valence-corrected chi connectivity index (χ3v) is 3.10. The highest BCUT2D eigenvalue weighted by Gasteiger charge is 2.16. The summed E-state index contributed by atoms with van der Waals surface area (Å²) in [4.78, 5) is 4.42. The summed E-state index contributed by atoms with van der Waals surface area (Å²) in [5.41, 5.74) is 11.0. The molecular weight excluding hydrogens is 240 g/mol. The maximum absolute atomic E-state index is 6.03. The van der Waals surface area contributed by atoms with E-state index in [-0.39, 0.29) is 0 Å². The first kappa shape index (κ1) is 11.5. The lowest BCUT2D eigenvalue weighted by Crippen LogP contribution is -2.00. The largest absolute Gasteiger partial charge is 0.398 e. The molecule has 0 bridgehead atoms. The van der Waals surface area contributed by atoms with Crippen molar-refractivity contribution in [3.05, 3.63) is 36.2 Å². The first-order chi connectivity index (χ1) is 9.22. The van der Waals surface area contributed by atoms with Crippen LogP contribution in [0.15, 0.2) is 30.6 Å². The average Bonchev–Trinajstić information content (AvgIpc) is 3.06. The molecule has 3 N–H and O–H groups in total. The first-order valence-corrected chi connectivity index (χ1v) is 5.96. The second-order valence-corrected chi connectivity index (χ2v) is 4.24. The standard InChI is InChI=1S/C13H14N6/c1-3-9(14)8-4-6-15-12-11(10-5-7-16-17-10)18-19(2)13(8)12/h3-7H,14H2,1-2H3,(H,16,17)/b9-3+. The van der Waals surface area contributed by atoms with Crippen molar-refractivity contribution >= 4 is 16.7 Å². The molecule has 3 aromatic rings. The lowest BCUT2D eigenvalue weighted by Gasteiger charge is -2.04. The van der Waals surface area contributed by atoms with E-state index in [0.717, 1.165) is 28.0 Å². The Labute approximate surface area is 110 Å². The third-order valence-electron chi connectivity index (χ3n) is 3.10. The van der Waals surface area contributed by atoms with Crippen molar-refractivity contribution in [2.24, 2.45) is 12.8 Å². The van der Waals surface area contributed by atoms with Gasteiger partial charge in [0.25, 0.3) is 0 Å². The van der Waals surface area contributed by atoms with E-state index in [0.29, 0.717) is 5.70 Å². The number of H-pyrrole nitrogens is 1. The fourth-order valence-electron chi connectivity index (χ4n) is 2.16. The van der Waals surface area contributed by atoms with E-state index in [1.807, 2.05) is 32.2 Å². The zero-order valence-electron chi connectivity index (χ0n) is 10.8. The van der Waals surface area contributed by atoms with Crippen LogP contribution >= 0.6 is 0 Å². The second kappa shape index (κ2) is 4.24. The molecule has 0 atom stereocenters. The van der Waals surface area contributed by atoms with Crippen LogP contribution in [0.4, 0.5) is 0 Å². The maximum atomic E-state index is 6.03. The molecule has 0 aliphatic carbocycles. The molecule has 6 nitrogen and oxygen atoms in total. The molecule has 0 aliphatic rings. The molecule has 0 radical (unpaired) electrons. The molecule has 6 heteroatoms. The highest BCUT2D eigenvalue weighted by molar-refractivity contribution is 5.95. The van der Waals surface area contributed by atoms with Crippen LogP contribution in [0.5, 0.6) is 0 Å². The van der Waals surface area contributed by atoms with Crippen molar-refractivity contribution in [1.82, 2.24) is 25.0 Å². The zero-order valence-corrected chi connectivity index (χ0v) is 10.8. The molecule has 0 unspecified atom stereocenters.